The predicted octanol–water partition coefficient (Wildman–Crippen LogP) is 3.03. The van der Waals surface area contributed by atoms with Crippen molar-refractivity contribution in [3.8, 4) is 0 Å². The van der Waals surface area contributed by atoms with Gasteiger partial charge in [0.2, 0.25) is 0 Å². The summed E-state index contributed by atoms with van der Waals surface area (Å²) >= 11 is 0. The Kier molecular flexibility index (Phi) is 1.91. The molecule has 0 nitrogen and oxygen atoms in total. The average Bonchev–Trinajstić information content (AvgIpc) is 1.88. The molecule has 0 unspecified atom stereocenters. The maximum Gasteiger partial charge on any atom is -0.0233 e. The van der Waals surface area contributed by atoms with Gasteiger partial charge in [-0.3, -0.25) is 0 Å². The minimum atomic E-state index is 1.13. The Bertz CT molecular complexity index is 229. The Morgan fingerprint density at radius 2 is 1.70 bits per heavy atom. The Balaban J connectivity index is 3.00. The van der Waals surface area contributed by atoms with Gasteiger partial charge in [-0.25, -0.2) is 0 Å². The third-order valence-electron chi connectivity index (χ3n) is 1.54. The summed E-state index contributed by atoms with van der Waals surface area (Å²) in [7, 11) is 0. The largest absolute Gasteiger partial charge is 0.0955 e. The van der Waals surface area contributed by atoms with Gasteiger partial charge in [0.25, 0.3) is 0 Å². The van der Waals surface area contributed by atoms with E-state index >= 15 is 0 Å². The third-order valence-corrected chi connectivity index (χ3v) is 1.54. The molecule has 0 saturated carbocycles. The number of hydrogen-bond acceptors (Lipinski definition) is 0. The molecule has 0 saturated heterocycles. The summed E-state index contributed by atoms with van der Waals surface area (Å²) < 4.78 is 0. The summed E-state index contributed by atoms with van der Waals surface area (Å²) in [6.07, 6.45) is 0. The first-order valence-corrected chi connectivity index (χ1v) is 3.42. The smallest absolute Gasteiger partial charge is 0.0233 e. The monoisotopic (exact) mass is 132 g/mol. The van der Waals surface area contributed by atoms with Crippen LogP contribution < -0.4 is 0 Å². The van der Waals surface area contributed by atoms with Gasteiger partial charge in [0.15, 0.2) is 0 Å². The van der Waals surface area contributed by atoms with Crippen molar-refractivity contribution >= 4 is 5.57 Å². The van der Waals surface area contributed by atoms with E-state index in [0.717, 1.165) is 5.57 Å². The van der Waals surface area contributed by atoms with E-state index in [1.807, 2.05) is 6.92 Å². The Hall–Kier alpha value is -1.04. The molecule has 0 atom stereocenters. The van der Waals surface area contributed by atoms with Crippen molar-refractivity contribution in [2.45, 2.75) is 13.8 Å². The second-order valence-corrected chi connectivity index (χ2v) is 2.65. The quantitative estimate of drug-likeness (QED) is 0.551. The van der Waals surface area contributed by atoms with Crippen LogP contribution in [0.5, 0.6) is 0 Å². The molecule has 1 aromatic carbocycles. The van der Waals surface area contributed by atoms with Gasteiger partial charge in [0.05, 0.1) is 0 Å². The molecule has 1 rings (SSSR count). The fourth-order valence-corrected chi connectivity index (χ4v) is 0.838. The van der Waals surface area contributed by atoms with Crippen molar-refractivity contribution in [1.29, 1.82) is 0 Å². The third kappa shape index (κ3) is 1.47. The molecule has 0 radical (unpaired) electrons. The van der Waals surface area contributed by atoms with E-state index in [1.54, 1.807) is 0 Å². The lowest BCUT2D eigenvalue weighted by Gasteiger charge is -1.98. The van der Waals surface area contributed by atoms with Gasteiger partial charge in [-0.1, -0.05) is 42.0 Å². The van der Waals surface area contributed by atoms with Crippen molar-refractivity contribution in [2.24, 2.45) is 0 Å². The van der Waals surface area contributed by atoms with Gasteiger partial charge in [-0.15, -0.1) is 0 Å². The van der Waals surface area contributed by atoms with Crippen molar-refractivity contribution in [1.82, 2.24) is 0 Å². The SMILES string of the molecule is C=C(C)c1ccc(C)cc1. The van der Waals surface area contributed by atoms with E-state index in [4.69, 9.17) is 0 Å². The van der Waals surface area contributed by atoms with E-state index in [0.29, 0.717) is 0 Å². The molecule has 52 valence electrons. The molecule has 0 bridgehead atoms. The molecule has 0 spiro atoms. The van der Waals surface area contributed by atoms with Crippen molar-refractivity contribution < 1.29 is 0 Å². The summed E-state index contributed by atoms with van der Waals surface area (Å²) in [5.41, 5.74) is 3.65. The van der Waals surface area contributed by atoms with Crippen molar-refractivity contribution in [3.05, 3.63) is 42.0 Å². The zero-order valence-corrected chi connectivity index (χ0v) is 6.52. The van der Waals surface area contributed by atoms with Crippen LogP contribution >= 0.6 is 0 Å². The second-order valence-electron chi connectivity index (χ2n) is 2.65. The van der Waals surface area contributed by atoms with Crippen LogP contribution in [0.15, 0.2) is 30.8 Å². The molecule has 1 aromatic rings. The highest BCUT2D eigenvalue weighted by Crippen LogP contribution is 2.11. The molecular weight excluding hydrogens is 120 g/mol. The second kappa shape index (κ2) is 2.70. The zero-order valence-electron chi connectivity index (χ0n) is 6.52. The van der Waals surface area contributed by atoms with Crippen LogP contribution in [0, 0.1) is 6.92 Å². The van der Waals surface area contributed by atoms with Gasteiger partial charge in [-0.05, 0) is 19.4 Å². The van der Waals surface area contributed by atoms with E-state index < -0.39 is 0 Å². The van der Waals surface area contributed by atoms with E-state index in [-0.39, 0.29) is 0 Å². The number of hydrogen-bond donors (Lipinski definition) is 0. The molecule has 0 fully saturated rings. The first kappa shape index (κ1) is 7.07. The summed E-state index contributed by atoms with van der Waals surface area (Å²) in [4.78, 5) is 0. The number of allylic oxidation sites excluding steroid dienone is 1. The van der Waals surface area contributed by atoms with Crippen molar-refractivity contribution in [3.63, 3.8) is 0 Å². The molecule has 0 amide bonds. The standard InChI is InChI=1S/C10H12/c1-8(2)10-6-4-9(3)5-7-10/h4-7H,1H2,2-3H3. The average molecular weight is 132 g/mol. The van der Waals surface area contributed by atoms with Gasteiger partial charge < -0.3 is 0 Å². The molecule has 0 aromatic heterocycles. The lowest BCUT2D eigenvalue weighted by Crippen LogP contribution is -1.76. The summed E-state index contributed by atoms with van der Waals surface area (Å²) in [6.45, 7) is 7.96. The van der Waals surface area contributed by atoms with Crippen LogP contribution in [0.25, 0.3) is 5.57 Å². The van der Waals surface area contributed by atoms with Crippen LogP contribution in [0.1, 0.15) is 18.1 Å². The van der Waals surface area contributed by atoms with E-state index in [1.165, 1.54) is 11.1 Å². The lowest BCUT2D eigenvalue weighted by atomic mass is 10.1. The van der Waals surface area contributed by atoms with E-state index in [2.05, 4.69) is 37.8 Å². The first-order chi connectivity index (χ1) is 4.70. The predicted molar refractivity (Wildman–Crippen MR) is 45.9 cm³/mol. The molecular formula is C10H12. The van der Waals surface area contributed by atoms with Gasteiger partial charge >= 0.3 is 0 Å². The number of benzene rings is 1. The van der Waals surface area contributed by atoms with Gasteiger partial charge in [-0.2, -0.15) is 0 Å². The maximum absolute atomic E-state index is 3.86. The Morgan fingerprint density at radius 3 is 2.10 bits per heavy atom. The van der Waals surface area contributed by atoms with E-state index in [9.17, 15) is 0 Å². The summed E-state index contributed by atoms with van der Waals surface area (Å²) in [6, 6.07) is 8.39. The van der Waals surface area contributed by atoms with Crippen LogP contribution in [0.2, 0.25) is 0 Å². The molecule has 0 heterocycles. The molecule has 0 aliphatic heterocycles. The fourth-order valence-electron chi connectivity index (χ4n) is 0.838. The fraction of sp³-hybridized carbons (Fsp3) is 0.200. The molecule has 0 heteroatoms. The number of aryl methyl sites for hydroxylation is 1. The van der Waals surface area contributed by atoms with Gasteiger partial charge in [0.1, 0.15) is 0 Å². The highest BCUT2D eigenvalue weighted by molar-refractivity contribution is 5.61. The van der Waals surface area contributed by atoms with Crippen molar-refractivity contribution in [2.75, 3.05) is 0 Å². The Labute approximate surface area is 62.2 Å². The molecule has 0 aliphatic rings. The highest BCUT2D eigenvalue weighted by Gasteiger charge is 1.89. The summed E-state index contributed by atoms with van der Waals surface area (Å²) in [5, 5.41) is 0. The van der Waals surface area contributed by atoms with Gasteiger partial charge in [0, 0.05) is 0 Å². The highest BCUT2D eigenvalue weighted by atomic mass is 13.9. The maximum atomic E-state index is 3.86. The van der Waals surface area contributed by atoms with Crippen LogP contribution in [-0.4, -0.2) is 0 Å². The van der Waals surface area contributed by atoms with Crippen LogP contribution in [0.3, 0.4) is 0 Å². The molecule has 0 N–H and O–H groups in total. The topological polar surface area (TPSA) is 0 Å². The Morgan fingerprint density at radius 1 is 1.20 bits per heavy atom. The lowest BCUT2D eigenvalue weighted by molar-refractivity contribution is 1.45. The normalized spacial score (nSPS) is 9.40. The molecule has 10 heavy (non-hydrogen) atoms. The summed E-state index contributed by atoms with van der Waals surface area (Å²) in [5.74, 6) is 0. The first-order valence-electron chi connectivity index (χ1n) is 3.42. The van der Waals surface area contributed by atoms with Crippen LogP contribution in [-0.2, 0) is 0 Å². The zero-order chi connectivity index (χ0) is 7.56. The molecule has 0 aliphatic carbocycles. The van der Waals surface area contributed by atoms with Crippen LogP contribution in [0.4, 0.5) is 0 Å². The minimum absolute atomic E-state index is 1.13. The minimum Gasteiger partial charge on any atom is -0.0955 e. The number of rotatable bonds is 1.